The van der Waals surface area contributed by atoms with Crippen LogP contribution in [0.3, 0.4) is 0 Å². The summed E-state index contributed by atoms with van der Waals surface area (Å²) in [5, 5.41) is 3.81. The van der Waals surface area contributed by atoms with Gasteiger partial charge in [-0.15, -0.1) is 0 Å². The largest absolute Gasteiger partial charge is 0.350 e. The van der Waals surface area contributed by atoms with Crippen LogP contribution in [0, 0.1) is 0 Å². The van der Waals surface area contributed by atoms with E-state index in [9.17, 15) is 18.0 Å². The predicted molar refractivity (Wildman–Crippen MR) is 162 cm³/mol. The van der Waals surface area contributed by atoms with E-state index >= 15 is 0 Å². The van der Waals surface area contributed by atoms with Crippen molar-refractivity contribution in [3.8, 4) is 0 Å². The van der Waals surface area contributed by atoms with Crippen LogP contribution in [-0.4, -0.2) is 43.3 Å². The average Bonchev–Trinajstić information content (AvgIpc) is 2.87. The summed E-state index contributed by atoms with van der Waals surface area (Å²) in [7, 11) is -4.26. The monoisotopic (exact) mass is 643 g/mol. The van der Waals surface area contributed by atoms with Gasteiger partial charge in [-0.1, -0.05) is 70.7 Å². The molecular weight excluding hydrogens is 616 g/mol. The first kappa shape index (κ1) is 32.0. The van der Waals surface area contributed by atoms with E-state index in [0.717, 1.165) is 4.31 Å². The zero-order chi connectivity index (χ0) is 29.8. The van der Waals surface area contributed by atoms with Crippen LogP contribution in [0.4, 0.5) is 5.69 Å². The summed E-state index contributed by atoms with van der Waals surface area (Å²) >= 11 is 24.7. The fourth-order valence-electron chi connectivity index (χ4n) is 3.81. The summed E-state index contributed by atoms with van der Waals surface area (Å²) < 4.78 is 28.5. The van der Waals surface area contributed by atoms with Gasteiger partial charge in [0.05, 0.1) is 25.7 Å². The summed E-state index contributed by atoms with van der Waals surface area (Å²) in [6.07, 6.45) is 0. The van der Waals surface area contributed by atoms with Crippen molar-refractivity contribution in [1.82, 2.24) is 10.2 Å². The van der Waals surface area contributed by atoms with Gasteiger partial charge in [0, 0.05) is 17.1 Å². The number of benzene rings is 3. The highest BCUT2D eigenvalue weighted by Gasteiger charge is 2.34. The molecule has 0 radical (unpaired) electrons. The minimum Gasteiger partial charge on any atom is -0.350 e. The van der Waals surface area contributed by atoms with Gasteiger partial charge in [0.1, 0.15) is 12.6 Å². The van der Waals surface area contributed by atoms with Crippen LogP contribution in [0.25, 0.3) is 0 Å². The van der Waals surface area contributed by atoms with Gasteiger partial charge in [0.25, 0.3) is 10.0 Å². The smallest absolute Gasteiger partial charge is 0.264 e. The molecule has 0 spiro atoms. The second-order valence-electron chi connectivity index (χ2n) is 10.1. The van der Waals surface area contributed by atoms with Gasteiger partial charge in [0.15, 0.2) is 0 Å². The van der Waals surface area contributed by atoms with Gasteiger partial charge < -0.3 is 10.2 Å². The van der Waals surface area contributed by atoms with Crippen LogP contribution in [0.1, 0.15) is 33.3 Å². The van der Waals surface area contributed by atoms with E-state index in [4.69, 9.17) is 46.4 Å². The molecule has 1 N–H and O–H groups in total. The molecule has 3 aromatic rings. The van der Waals surface area contributed by atoms with Crippen LogP contribution in [0.2, 0.25) is 20.1 Å². The molecule has 0 heterocycles. The number of nitrogens with one attached hydrogen (secondary N) is 1. The van der Waals surface area contributed by atoms with Crippen molar-refractivity contribution in [3.63, 3.8) is 0 Å². The number of nitrogens with zero attached hydrogens (tertiary/aromatic N) is 2. The summed E-state index contributed by atoms with van der Waals surface area (Å²) in [6, 6.07) is 15.9. The fraction of sp³-hybridized carbons (Fsp3) is 0.286. The Labute approximate surface area is 255 Å². The fourth-order valence-corrected chi connectivity index (χ4v) is 6.14. The van der Waals surface area contributed by atoms with Crippen LogP contribution in [-0.2, 0) is 26.2 Å². The highest BCUT2D eigenvalue weighted by atomic mass is 35.5. The minimum absolute atomic E-state index is 0.0364. The molecule has 0 saturated heterocycles. The van der Waals surface area contributed by atoms with Crippen molar-refractivity contribution >= 4 is 73.9 Å². The van der Waals surface area contributed by atoms with Gasteiger partial charge >= 0.3 is 0 Å². The Balaban J connectivity index is 2.07. The highest BCUT2D eigenvalue weighted by molar-refractivity contribution is 7.92. The van der Waals surface area contributed by atoms with Crippen LogP contribution >= 0.6 is 46.4 Å². The molecule has 0 aliphatic carbocycles. The van der Waals surface area contributed by atoms with Crippen molar-refractivity contribution in [2.45, 2.75) is 50.7 Å². The highest BCUT2D eigenvalue weighted by Crippen LogP contribution is 2.33. The van der Waals surface area contributed by atoms with Crippen molar-refractivity contribution < 1.29 is 18.0 Å². The van der Waals surface area contributed by atoms with Crippen molar-refractivity contribution in [2.75, 3.05) is 10.8 Å². The maximum absolute atomic E-state index is 14.0. The lowest BCUT2D eigenvalue weighted by atomic mass is 10.1. The molecule has 3 rings (SSSR count). The zero-order valence-corrected chi connectivity index (χ0v) is 26.1. The first-order chi connectivity index (χ1) is 18.6. The molecule has 1 atom stereocenters. The van der Waals surface area contributed by atoms with Crippen molar-refractivity contribution in [1.29, 1.82) is 0 Å². The standard InChI is InChI=1S/C28H29Cl4N3O4S/c1-18(27(37)33-28(2,3)4)34(16-19-10-12-22(30)23(31)14-19)26(36)17-35(25-13-11-20(29)15-24(25)32)40(38,39)21-8-6-5-7-9-21/h5-15,18H,16-17H2,1-4H3,(H,33,37)/t18-/m1/s1. The van der Waals surface area contributed by atoms with E-state index < -0.39 is 40.0 Å². The molecule has 0 bridgehead atoms. The normalized spacial score (nSPS) is 12.5. The molecule has 3 aromatic carbocycles. The Bertz CT molecular complexity index is 1500. The predicted octanol–water partition coefficient (Wildman–Crippen LogP) is 6.83. The van der Waals surface area contributed by atoms with Crippen molar-refractivity contribution in [2.24, 2.45) is 0 Å². The van der Waals surface area contributed by atoms with Gasteiger partial charge in [-0.05, 0) is 75.7 Å². The van der Waals surface area contributed by atoms with Crippen LogP contribution < -0.4 is 9.62 Å². The number of rotatable bonds is 9. The molecule has 40 heavy (non-hydrogen) atoms. The number of carbonyl (C=O) groups excluding carboxylic acids is 2. The Morgan fingerprint density at radius 3 is 2.10 bits per heavy atom. The van der Waals surface area contributed by atoms with Gasteiger partial charge in [-0.2, -0.15) is 0 Å². The topological polar surface area (TPSA) is 86.8 Å². The number of hydrogen-bond acceptors (Lipinski definition) is 4. The number of hydrogen-bond donors (Lipinski definition) is 1. The minimum atomic E-state index is -4.26. The third-order valence-corrected chi connectivity index (χ3v) is 8.84. The second kappa shape index (κ2) is 13.0. The number of sulfonamides is 1. The quantitative estimate of drug-likeness (QED) is 0.277. The summed E-state index contributed by atoms with van der Waals surface area (Å²) in [4.78, 5) is 28.4. The van der Waals surface area contributed by atoms with Crippen molar-refractivity contribution in [3.05, 3.63) is 92.4 Å². The van der Waals surface area contributed by atoms with Gasteiger partial charge in [-0.25, -0.2) is 8.42 Å². The van der Waals surface area contributed by atoms with Gasteiger partial charge in [0.2, 0.25) is 11.8 Å². The van der Waals surface area contributed by atoms with E-state index in [1.807, 2.05) is 20.8 Å². The van der Waals surface area contributed by atoms with Crippen LogP contribution in [0.15, 0.2) is 71.6 Å². The first-order valence-corrected chi connectivity index (χ1v) is 15.1. The Morgan fingerprint density at radius 2 is 1.52 bits per heavy atom. The zero-order valence-electron chi connectivity index (χ0n) is 22.3. The van der Waals surface area contributed by atoms with E-state index in [2.05, 4.69) is 5.32 Å². The molecule has 0 unspecified atom stereocenters. The molecule has 7 nitrogen and oxygen atoms in total. The maximum Gasteiger partial charge on any atom is 0.264 e. The molecule has 0 aromatic heterocycles. The average molecular weight is 645 g/mol. The van der Waals surface area contributed by atoms with E-state index in [-0.39, 0.29) is 27.2 Å². The molecule has 0 aliphatic rings. The summed E-state index contributed by atoms with van der Waals surface area (Å²) in [5.41, 5.74) is 0.0908. The number of amides is 2. The van der Waals surface area contributed by atoms with Crippen LogP contribution in [0.5, 0.6) is 0 Å². The molecule has 0 saturated carbocycles. The Kier molecular flexibility index (Phi) is 10.4. The number of halogens is 4. The molecule has 2 amide bonds. The van der Waals surface area contributed by atoms with Gasteiger partial charge in [-0.3, -0.25) is 13.9 Å². The Hall–Kier alpha value is -2.49. The SMILES string of the molecule is C[C@H](C(=O)NC(C)(C)C)N(Cc1ccc(Cl)c(Cl)c1)C(=O)CN(c1ccc(Cl)cc1Cl)S(=O)(=O)c1ccccc1. The van der Waals surface area contributed by atoms with E-state index in [1.54, 1.807) is 43.3 Å². The number of anilines is 1. The third kappa shape index (κ3) is 8.04. The Morgan fingerprint density at radius 1 is 0.875 bits per heavy atom. The third-order valence-electron chi connectivity index (χ3n) is 5.79. The molecule has 214 valence electrons. The lowest BCUT2D eigenvalue weighted by Crippen LogP contribution is -2.54. The summed E-state index contributed by atoms with van der Waals surface area (Å²) in [5.74, 6) is -1.06. The first-order valence-electron chi connectivity index (χ1n) is 12.2. The molecule has 12 heteroatoms. The molecule has 0 fully saturated rings. The van der Waals surface area contributed by atoms with E-state index in [1.165, 1.54) is 35.2 Å². The summed E-state index contributed by atoms with van der Waals surface area (Å²) in [6.45, 7) is 6.34. The maximum atomic E-state index is 14.0. The molecular formula is C28H29Cl4N3O4S. The number of carbonyl (C=O) groups is 2. The lowest BCUT2D eigenvalue weighted by Gasteiger charge is -2.33. The molecule has 0 aliphatic heterocycles. The van der Waals surface area contributed by atoms with E-state index in [0.29, 0.717) is 15.6 Å². The second-order valence-corrected chi connectivity index (χ2v) is 13.6. The lowest BCUT2D eigenvalue weighted by molar-refractivity contribution is -0.140.